The van der Waals surface area contributed by atoms with Gasteiger partial charge in [0.15, 0.2) is 0 Å². The van der Waals surface area contributed by atoms with Gasteiger partial charge in [0.1, 0.15) is 0 Å². The lowest BCUT2D eigenvalue weighted by Gasteiger charge is -2.32. The van der Waals surface area contributed by atoms with Crippen LogP contribution in [0.1, 0.15) is 39.5 Å². The molecule has 1 unspecified atom stereocenters. The van der Waals surface area contributed by atoms with Crippen molar-refractivity contribution in [1.29, 1.82) is 0 Å². The Bertz CT molecular complexity index is 1260. The van der Waals surface area contributed by atoms with Crippen molar-refractivity contribution in [3.8, 4) is 0 Å². The Labute approximate surface area is 188 Å². The maximum atomic E-state index is 13.9. The van der Waals surface area contributed by atoms with E-state index in [1.165, 1.54) is 0 Å². The number of nitrogens with zero attached hydrogens (tertiary/aromatic N) is 2. The minimum Gasteiger partial charge on any atom is -0.298 e. The average molecular weight is 417 g/mol. The molecular weight excluding hydrogens is 392 g/mol. The Kier molecular flexibility index (Phi) is 5.39. The highest BCUT2D eigenvalue weighted by Crippen LogP contribution is 2.41. The van der Waals surface area contributed by atoms with Crippen LogP contribution in [-0.2, 0) is 0 Å². The molecule has 3 heteroatoms. The van der Waals surface area contributed by atoms with E-state index in [9.17, 15) is 4.79 Å². The van der Waals surface area contributed by atoms with E-state index in [-0.39, 0.29) is 11.9 Å². The van der Waals surface area contributed by atoms with Gasteiger partial charge in [-0.25, -0.2) is 0 Å². The number of benzene rings is 4. The minimum atomic E-state index is -0.174. The van der Waals surface area contributed by atoms with Gasteiger partial charge in [0, 0.05) is 12.0 Å². The van der Waals surface area contributed by atoms with Gasteiger partial charge in [0.2, 0.25) is 0 Å². The van der Waals surface area contributed by atoms with Gasteiger partial charge in [-0.3, -0.25) is 14.7 Å². The second kappa shape index (κ2) is 8.64. The van der Waals surface area contributed by atoms with Crippen LogP contribution in [0.25, 0.3) is 0 Å². The van der Waals surface area contributed by atoms with Crippen LogP contribution in [0.3, 0.4) is 0 Å². The van der Waals surface area contributed by atoms with E-state index in [1.807, 2.05) is 96.8 Å². The van der Waals surface area contributed by atoms with E-state index in [1.54, 1.807) is 0 Å². The average Bonchev–Trinajstić information content (AvgIpc) is 3.02. The Morgan fingerprint density at radius 3 is 2.12 bits per heavy atom. The molecule has 0 N–H and O–H groups in total. The molecule has 4 aromatic rings. The SMILES string of the molecule is Cc1ccc(C(=O)N2c3ccccc3N=C(c3ccccc3)CC2c2ccccc2)cc1. The van der Waals surface area contributed by atoms with Gasteiger partial charge in [0.05, 0.1) is 23.1 Å². The highest BCUT2D eigenvalue weighted by atomic mass is 16.2. The lowest BCUT2D eigenvalue weighted by molar-refractivity contribution is 0.0977. The van der Waals surface area contributed by atoms with Crippen molar-refractivity contribution in [3.05, 3.63) is 131 Å². The molecule has 3 nitrogen and oxygen atoms in total. The Morgan fingerprint density at radius 1 is 0.781 bits per heavy atom. The number of carbonyl (C=O) groups is 1. The van der Waals surface area contributed by atoms with E-state index in [2.05, 4.69) is 24.3 Å². The first kappa shape index (κ1) is 20.0. The van der Waals surface area contributed by atoms with Crippen LogP contribution in [0, 0.1) is 6.92 Å². The zero-order valence-electron chi connectivity index (χ0n) is 18.0. The first-order valence-electron chi connectivity index (χ1n) is 10.9. The third-order valence-electron chi connectivity index (χ3n) is 5.90. The molecule has 5 rings (SSSR count). The van der Waals surface area contributed by atoms with Crippen molar-refractivity contribution >= 4 is 23.0 Å². The number of aryl methyl sites for hydroxylation is 1. The summed E-state index contributed by atoms with van der Waals surface area (Å²) in [4.78, 5) is 20.9. The van der Waals surface area contributed by atoms with Crippen LogP contribution < -0.4 is 4.90 Å². The molecule has 1 atom stereocenters. The van der Waals surface area contributed by atoms with Gasteiger partial charge < -0.3 is 0 Å². The number of amides is 1. The van der Waals surface area contributed by atoms with Gasteiger partial charge in [0.25, 0.3) is 5.91 Å². The summed E-state index contributed by atoms with van der Waals surface area (Å²) in [6.45, 7) is 2.03. The van der Waals surface area contributed by atoms with Crippen LogP contribution in [0.5, 0.6) is 0 Å². The Morgan fingerprint density at radius 2 is 1.41 bits per heavy atom. The molecule has 156 valence electrons. The molecule has 1 aliphatic heterocycles. The molecule has 0 spiro atoms. The van der Waals surface area contributed by atoms with Crippen molar-refractivity contribution < 1.29 is 4.79 Å². The van der Waals surface area contributed by atoms with Gasteiger partial charge in [-0.1, -0.05) is 90.5 Å². The maximum Gasteiger partial charge on any atom is 0.258 e. The fourth-order valence-corrected chi connectivity index (χ4v) is 4.24. The quantitative estimate of drug-likeness (QED) is 0.357. The molecule has 0 aliphatic carbocycles. The van der Waals surface area contributed by atoms with Crippen LogP contribution in [0.2, 0.25) is 0 Å². The summed E-state index contributed by atoms with van der Waals surface area (Å²) in [5.74, 6) is -0.0178. The van der Waals surface area contributed by atoms with Crippen LogP contribution in [0.15, 0.2) is 114 Å². The number of rotatable bonds is 3. The number of aliphatic imine (C=N–C) groups is 1. The molecule has 32 heavy (non-hydrogen) atoms. The van der Waals surface area contributed by atoms with Crippen molar-refractivity contribution in [3.63, 3.8) is 0 Å². The van der Waals surface area contributed by atoms with E-state index < -0.39 is 0 Å². The third-order valence-corrected chi connectivity index (χ3v) is 5.90. The molecule has 0 bridgehead atoms. The molecule has 0 aromatic heterocycles. The molecular formula is C29H24N2O. The second-order valence-electron chi connectivity index (χ2n) is 8.09. The summed E-state index contributed by atoms with van der Waals surface area (Å²) in [5.41, 5.74) is 6.59. The summed E-state index contributed by atoms with van der Waals surface area (Å²) in [6, 6.07) is 36.0. The summed E-state index contributed by atoms with van der Waals surface area (Å²) < 4.78 is 0. The zero-order valence-corrected chi connectivity index (χ0v) is 18.0. The topological polar surface area (TPSA) is 32.7 Å². The molecule has 0 saturated carbocycles. The molecule has 1 heterocycles. The number of fused-ring (bicyclic) bond motifs is 1. The van der Waals surface area contributed by atoms with Crippen molar-refractivity contribution in [2.24, 2.45) is 4.99 Å². The van der Waals surface area contributed by atoms with Crippen LogP contribution in [0.4, 0.5) is 11.4 Å². The fraction of sp³-hybridized carbons (Fsp3) is 0.103. The predicted octanol–water partition coefficient (Wildman–Crippen LogP) is 6.91. The van der Waals surface area contributed by atoms with Gasteiger partial charge in [-0.15, -0.1) is 0 Å². The lowest BCUT2D eigenvalue weighted by atomic mass is 9.95. The monoisotopic (exact) mass is 416 g/mol. The largest absolute Gasteiger partial charge is 0.298 e. The minimum absolute atomic E-state index is 0.0178. The maximum absolute atomic E-state index is 13.9. The lowest BCUT2D eigenvalue weighted by Crippen LogP contribution is -2.35. The van der Waals surface area contributed by atoms with Crippen LogP contribution in [-0.4, -0.2) is 11.6 Å². The van der Waals surface area contributed by atoms with Gasteiger partial charge in [-0.2, -0.15) is 0 Å². The number of hydrogen-bond acceptors (Lipinski definition) is 2. The smallest absolute Gasteiger partial charge is 0.258 e. The molecule has 1 aliphatic rings. The highest BCUT2D eigenvalue weighted by Gasteiger charge is 2.33. The summed E-state index contributed by atoms with van der Waals surface area (Å²) >= 11 is 0. The van der Waals surface area contributed by atoms with Gasteiger partial charge >= 0.3 is 0 Å². The summed E-state index contributed by atoms with van der Waals surface area (Å²) in [5, 5.41) is 0. The molecule has 1 amide bonds. The van der Waals surface area contributed by atoms with Crippen molar-refractivity contribution in [1.82, 2.24) is 0 Å². The third kappa shape index (κ3) is 3.85. The van der Waals surface area contributed by atoms with E-state index >= 15 is 0 Å². The first-order valence-corrected chi connectivity index (χ1v) is 10.9. The fourth-order valence-electron chi connectivity index (χ4n) is 4.24. The molecule has 0 fully saturated rings. The molecule has 0 saturated heterocycles. The zero-order chi connectivity index (χ0) is 21.9. The normalized spacial score (nSPS) is 15.5. The van der Waals surface area contributed by atoms with Gasteiger partial charge in [-0.05, 0) is 42.3 Å². The Balaban J connectivity index is 1.69. The standard InChI is InChI=1S/C29H24N2O/c1-21-16-18-24(19-17-21)29(32)31-27-15-9-8-14-25(27)30-26(22-10-4-2-5-11-22)20-28(31)23-12-6-3-7-13-23/h2-19,28H,20H2,1H3. The van der Waals surface area contributed by atoms with Crippen molar-refractivity contribution in [2.75, 3.05) is 4.90 Å². The van der Waals surface area contributed by atoms with E-state index in [0.717, 1.165) is 33.8 Å². The van der Waals surface area contributed by atoms with E-state index in [4.69, 9.17) is 4.99 Å². The molecule has 0 radical (unpaired) electrons. The highest BCUT2D eigenvalue weighted by molar-refractivity contribution is 6.11. The first-order chi connectivity index (χ1) is 15.7. The molecule has 4 aromatic carbocycles. The van der Waals surface area contributed by atoms with Crippen molar-refractivity contribution in [2.45, 2.75) is 19.4 Å². The Hall–Kier alpha value is -3.98. The number of hydrogen-bond donors (Lipinski definition) is 0. The second-order valence-corrected chi connectivity index (χ2v) is 8.09. The summed E-state index contributed by atoms with van der Waals surface area (Å²) in [7, 11) is 0. The van der Waals surface area contributed by atoms with E-state index in [0.29, 0.717) is 12.0 Å². The number of para-hydroxylation sites is 2. The predicted molar refractivity (Wildman–Crippen MR) is 131 cm³/mol. The number of carbonyl (C=O) groups excluding carboxylic acids is 1. The summed E-state index contributed by atoms with van der Waals surface area (Å²) in [6.07, 6.45) is 0.625. The van der Waals surface area contributed by atoms with Crippen LogP contribution >= 0.6 is 0 Å². The number of anilines is 1.